The molecule has 0 spiro atoms. The summed E-state index contributed by atoms with van der Waals surface area (Å²) < 4.78 is 9.22. The van der Waals surface area contributed by atoms with Crippen LogP contribution in [0.1, 0.15) is 24.7 Å². The molecular weight excluding hydrogens is 350 g/mol. The number of nitrogens with zero attached hydrogens (tertiary/aromatic N) is 2. The molecule has 0 bridgehead atoms. The predicted octanol–water partition coefficient (Wildman–Crippen LogP) is 4.42. The molecule has 0 aliphatic carbocycles. The molecule has 0 radical (unpaired) electrons. The van der Waals surface area contributed by atoms with Crippen LogP contribution in [0.15, 0.2) is 35.3 Å². The minimum absolute atomic E-state index is 0.354. The lowest BCUT2D eigenvalue weighted by molar-refractivity contribution is 0.288. The molecule has 2 aromatic rings. The Balaban J connectivity index is 2.09. The van der Waals surface area contributed by atoms with Gasteiger partial charge in [0, 0.05) is 6.54 Å². The molecule has 0 saturated carbocycles. The van der Waals surface area contributed by atoms with E-state index >= 15 is 0 Å². The van der Waals surface area contributed by atoms with Crippen LogP contribution in [0.3, 0.4) is 0 Å². The molecule has 0 saturated heterocycles. The minimum Gasteiger partial charge on any atom is -0.484 e. The Morgan fingerprint density at radius 1 is 1.52 bits per heavy atom. The number of halogens is 1. The van der Waals surface area contributed by atoms with Gasteiger partial charge in [0.25, 0.3) is 0 Å². The molecule has 2 rings (SSSR count). The van der Waals surface area contributed by atoms with Gasteiger partial charge in [0.05, 0.1) is 4.47 Å². The van der Waals surface area contributed by atoms with Gasteiger partial charge in [-0.3, -0.25) is 9.67 Å². The van der Waals surface area contributed by atoms with Crippen molar-refractivity contribution in [2.45, 2.75) is 32.9 Å². The van der Waals surface area contributed by atoms with Gasteiger partial charge in [0.15, 0.2) is 10.6 Å². The van der Waals surface area contributed by atoms with Crippen molar-refractivity contribution in [3.63, 3.8) is 0 Å². The van der Waals surface area contributed by atoms with E-state index in [9.17, 15) is 0 Å². The van der Waals surface area contributed by atoms with Gasteiger partial charge in [-0.2, -0.15) is 5.10 Å². The summed E-state index contributed by atoms with van der Waals surface area (Å²) >= 11 is 8.72. The second-order valence-corrected chi connectivity index (χ2v) is 5.89. The molecule has 0 amide bonds. The molecule has 6 heteroatoms. The van der Waals surface area contributed by atoms with Crippen molar-refractivity contribution >= 4 is 28.1 Å². The van der Waals surface area contributed by atoms with Crippen molar-refractivity contribution in [3.05, 3.63) is 51.5 Å². The molecule has 112 valence electrons. The largest absolute Gasteiger partial charge is 0.484 e. The fourth-order valence-electron chi connectivity index (χ4n) is 2.03. The van der Waals surface area contributed by atoms with Gasteiger partial charge in [-0.25, -0.2) is 0 Å². The highest BCUT2D eigenvalue weighted by Crippen LogP contribution is 2.27. The number of rotatable bonds is 7. The van der Waals surface area contributed by atoms with Crippen LogP contribution in [-0.2, 0) is 19.6 Å². The SMILES string of the molecule is C=CCn1c(COc2ccc(CCC)cc2Br)n[nH]c1=S. The highest BCUT2D eigenvalue weighted by Gasteiger charge is 2.08. The van der Waals surface area contributed by atoms with Gasteiger partial charge >= 0.3 is 0 Å². The topological polar surface area (TPSA) is 42.8 Å². The van der Waals surface area contributed by atoms with Gasteiger partial charge in [-0.15, -0.1) is 6.58 Å². The fourth-order valence-corrected chi connectivity index (χ4v) is 2.79. The number of ether oxygens (including phenoxy) is 1. The zero-order chi connectivity index (χ0) is 15.2. The van der Waals surface area contributed by atoms with Crippen LogP contribution in [0, 0.1) is 4.77 Å². The second kappa shape index (κ2) is 7.56. The summed E-state index contributed by atoms with van der Waals surface area (Å²) in [6.45, 7) is 6.86. The first-order valence-corrected chi connectivity index (χ1v) is 8.02. The number of H-pyrrole nitrogens is 1. The number of allylic oxidation sites excluding steroid dienone is 1. The van der Waals surface area contributed by atoms with Crippen molar-refractivity contribution in [2.75, 3.05) is 0 Å². The number of aryl methyl sites for hydroxylation is 1. The van der Waals surface area contributed by atoms with E-state index in [-0.39, 0.29) is 0 Å². The molecule has 0 atom stereocenters. The fraction of sp³-hybridized carbons (Fsp3) is 0.333. The van der Waals surface area contributed by atoms with E-state index in [0.717, 1.165) is 28.9 Å². The van der Waals surface area contributed by atoms with E-state index < -0.39 is 0 Å². The molecule has 1 aromatic heterocycles. The minimum atomic E-state index is 0.354. The first kappa shape index (κ1) is 16.0. The van der Waals surface area contributed by atoms with Crippen LogP contribution in [0.25, 0.3) is 0 Å². The van der Waals surface area contributed by atoms with Gasteiger partial charge in [0.1, 0.15) is 12.4 Å². The second-order valence-electron chi connectivity index (χ2n) is 4.65. The van der Waals surface area contributed by atoms with Crippen molar-refractivity contribution in [1.29, 1.82) is 0 Å². The Bertz CT molecular complexity index is 678. The smallest absolute Gasteiger partial charge is 0.195 e. The number of aromatic amines is 1. The van der Waals surface area contributed by atoms with Gasteiger partial charge in [-0.05, 0) is 52.3 Å². The lowest BCUT2D eigenvalue weighted by atomic mass is 10.1. The number of hydrogen-bond acceptors (Lipinski definition) is 3. The quantitative estimate of drug-likeness (QED) is 0.581. The third-order valence-electron chi connectivity index (χ3n) is 3.04. The average Bonchev–Trinajstić information content (AvgIpc) is 2.80. The van der Waals surface area contributed by atoms with E-state index in [1.54, 1.807) is 6.08 Å². The van der Waals surface area contributed by atoms with E-state index in [4.69, 9.17) is 17.0 Å². The van der Waals surface area contributed by atoms with E-state index in [1.807, 2.05) is 10.6 Å². The van der Waals surface area contributed by atoms with Crippen molar-refractivity contribution in [2.24, 2.45) is 0 Å². The van der Waals surface area contributed by atoms with Crippen molar-refractivity contribution in [3.8, 4) is 5.75 Å². The number of aromatic nitrogens is 3. The summed E-state index contributed by atoms with van der Waals surface area (Å²) in [6, 6.07) is 6.16. The first-order valence-electron chi connectivity index (χ1n) is 6.82. The highest BCUT2D eigenvalue weighted by molar-refractivity contribution is 9.10. The van der Waals surface area contributed by atoms with Crippen molar-refractivity contribution < 1.29 is 4.74 Å². The molecule has 0 aliphatic heterocycles. The summed E-state index contributed by atoms with van der Waals surface area (Å²) in [5, 5.41) is 6.96. The Morgan fingerprint density at radius 2 is 2.33 bits per heavy atom. The van der Waals surface area contributed by atoms with Crippen LogP contribution in [0.4, 0.5) is 0 Å². The maximum atomic E-state index is 5.83. The molecule has 0 aliphatic rings. The first-order chi connectivity index (χ1) is 10.2. The molecule has 0 fully saturated rings. The van der Waals surface area contributed by atoms with Crippen LogP contribution in [0.5, 0.6) is 5.75 Å². The molecule has 4 nitrogen and oxygen atoms in total. The van der Waals surface area contributed by atoms with Crippen LogP contribution < -0.4 is 4.74 Å². The predicted molar refractivity (Wildman–Crippen MR) is 90.1 cm³/mol. The molecule has 21 heavy (non-hydrogen) atoms. The summed E-state index contributed by atoms with van der Waals surface area (Å²) in [6.07, 6.45) is 3.98. The Kier molecular flexibility index (Phi) is 5.76. The maximum Gasteiger partial charge on any atom is 0.195 e. The number of hydrogen-bond donors (Lipinski definition) is 1. The summed E-state index contributed by atoms with van der Waals surface area (Å²) in [5.74, 6) is 1.55. The van der Waals surface area contributed by atoms with Crippen LogP contribution in [-0.4, -0.2) is 14.8 Å². The van der Waals surface area contributed by atoms with E-state index in [0.29, 0.717) is 17.9 Å². The average molecular weight is 368 g/mol. The Labute approximate surface area is 138 Å². The van der Waals surface area contributed by atoms with Crippen molar-refractivity contribution in [1.82, 2.24) is 14.8 Å². The number of nitrogens with one attached hydrogen (secondary N) is 1. The number of benzene rings is 1. The Hall–Kier alpha value is -1.40. The van der Waals surface area contributed by atoms with Crippen LogP contribution in [0.2, 0.25) is 0 Å². The molecule has 0 unspecified atom stereocenters. The van der Waals surface area contributed by atoms with E-state index in [2.05, 4.69) is 51.8 Å². The summed E-state index contributed by atoms with van der Waals surface area (Å²) in [5.41, 5.74) is 1.30. The van der Waals surface area contributed by atoms with E-state index in [1.165, 1.54) is 5.56 Å². The molecule has 1 aromatic carbocycles. The lowest BCUT2D eigenvalue weighted by Crippen LogP contribution is -2.06. The standard InChI is InChI=1S/C15H18BrN3OS/c1-3-5-11-6-7-13(12(16)9-11)20-10-14-17-18-15(21)19(14)8-4-2/h4,6-7,9H,2-3,5,8,10H2,1H3,(H,18,21). The lowest BCUT2D eigenvalue weighted by Gasteiger charge is -2.10. The normalized spacial score (nSPS) is 10.6. The Morgan fingerprint density at radius 3 is 3.00 bits per heavy atom. The maximum absolute atomic E-state index is 5.83. The third kappa shape index (κ3) is 4.04. The van der Waals surface area contributed by atoms with Gasteiger partial charge < -0.3 is 4.74 Å². The zero-order valence-corrected chi connectivity index (χ0v) is 14.3. The molecule has 1 N–H and O–H groups in total. The monoisotopic (exact) mass is 367 g/mol. The molecular formula is C15H18BrN3OS. The summed E-state index contributed by atoms with van der Waals surface area (Å²) in [4.78, 5) is 0. The van der Waals surface area contributed by atoms with Crippen LogP contribution >= 0.6 is 28.1 Å². The van der Waals surface area contributed by atoms with Gasteiger partial charge in [0.2, 0.25) is 0 Å². The molecule has 1 heterocycles. The van der Waals surface area contributed by atoms with Gasteiger partial charge in [-0.1, -0.05) is 25.5 Å². The zero-order valence-electron chi connectivity index (χ0n) is 11.9. The third-order valence-corrected chi connectivity index (χ3v) is 3.97. The summed E-state index contributed by atoms with van der Waals surface area (Å²) in [7, 11) is 0. The highest BCUT2D eigenvalue weighted by atomic mass is 79.9.